The average Bonchev–Trinajstić information content (AvgIpc) is 2.64. The number of fused-ring (bicyclic) bond motifs is 1. The topological polar surface area (TPSA) is 68.2 Å². The largest absolute Gasteiger partial charge is 0.367 e. The summed E-state index contributed by atoms with van der Waals surface area (Å²) < 4.78 is 0. The normalized spacial score (nSPS) is 15.8. The number of aryl methyl sites for hydroxylation is 1. The van der Waals surface area contributed by atoms with Crippen molar-refractivity contribution in [2.45, 2.75) is 25.8 Å². The van der Waals surface area contributed by atoms with Crippen molar-refractivity contribution in [1.29, 1.82) is 5.26 Å². The van der Waals surface area contributed by atoms with E-state index >= 15 is 0 Å². The van der Waals surface area contributed by atoms with Crippen molar-refractivity contribution in [2.75, 3.05) is 23.3 Å². The van der Waals surface area contributed by atoms with Gasteiger partial charge in [0.25, 0.3) is 0 Å². The van der Waals surface area contributed by atoms with Gasteiger partial charge in [-0.3, -0.25) is 0 Å². The van der Waals surface area contributed by atoms with Crippen molar-refractivity contribution in [3.63, 3.8) is 0 Å². The van der Waals surface area contributed by atoms with Gasteiger partial charge in [-0.15, -0.1) is 0 Å². The van der Waals surface area contributed by atoms with Gasteiger partial charge in [0, 0.05) is 30.5 Å². The lowest BCUT2D eigenvalue weighted by molar-refractivity contribution is 0.252. The van der Waals surface area contributed by atoms with Crippen LogP contribution in [0.4, 0.5) is 16.2 Å². The Balaban J connectivity index is 1.52. The Morgan fingerprint density at radius 3 is 2.76 bits per heavy atom. The Bertz CT molecular complexity index is 779. The van der Waals surface area contributed by atoms with E-state index in [-0.39, 0.29) is 6.03 Å². The number of hydrogen-bond acceptors (Lipinski definition) is 3. The molecule has 0 saturated carbocycles. The number of urea groups is 1. The van der Waals surface area contributed by atoms with Gasteiger partial charge in [-0.2, -0.15) is 5.26 Å². The Morgan fingerprint density at radius 2 is 2.00 bits per heavy atom. The van der Waals surface area contributed by atoms with E-state index in [1.807, 2.05) is 0 Å². The Morgan fingerprint density at radius 1 is 1.24 bits per heavy atom. The zero-order chi connectivity index (χ0) is 17.6. The lowest BCUT2D eigenvalue weighted by Gasteiger charge is -2.37. The van der Waals surface area contributed by atoms with Gasteiger partial charge >= 0.3 is 6.03 Å². The van der Waals surface area contributed by atoms with Gasteiger partial charge in [0.2, 0.25) is 0 Å². The van der Waals surface area contributed by atoms with Gasteiger partial charge in [-0.05, 0) is 55.7 Å². The molecule has 0 spiro atoms. The molecule has 0 fully saturated rings. The molecular weight excluding hydrogens is 312 g/mol. The van der Waals surface area contributed by atoms with Gasteiger partial charge in [-0.25, -0.2) is 4.79 Å². The number of anilines is 2. The SMILES string of the molecule is C[C@H]1CCc2ccccc2N1CCNC(=O)Nc1ccc(C#N)cc1. The van der Waals surface area contributed by atoms with E-state index < -0.39 is 0 Å². The minimum atomic E-state index is -0.234. The second kappa shape index (κ2) is 7.71. The number of para-hydroxylation sites is 1. The number of nitrogens with zero attached hydrogens (tertiary/aromatic N) is 2. The molecule has 0 unspecified atom stereocenters. The maximum Gasteiger partial charge on any atom is 0.319 e. The molecule has 2 aromatic rings. The standard InChI is InChI=1S/C20H22N4O/c1-15-6-9-17-4-2-3-5-19(17)24(15)13-12-22-20(25)23-18-10-7-16(14-21)8-11-18/h2-5,7-8,10-11,15H,6,9,12-13H2,1H3,(H2,22,23,25)/t15-/m0/s1. The summed E-state index contributed by atoms with van der Waals surface area (Å²) in [4.78, 5) is 14.4. The quantitative estimate of drug-likeness (QED) is 0.899. The molecule has 25 heavy (non-hydrogen) atoms. The molecule has 1 aliphatic heterocycles. The van der Waals surface area contributed by atoms with Crippen LogP contribution >= 0.6 is 0 Å². The minimum absolute atomic E-state index is 0.234. The number of amides is 2. The maximum absolute atomic E-state index is 12.0. The number of nitrogens with one attached hydrogen (secondary N) is 2. The molecule has 0 saturated heterocycles. The first-order valence-electron chi connectivity index (χ1n) is 8.57. The van der Waals surface area contributed by atoms with Crippen LogP contribution in [-0.4, -0.2) is 25.2 Å². The van der Waals surface area contributed by atoms with Gasteiger partial charge in [0.1, 0.15) is 0 Å². The highest BCUT2D eigenvalue weighted by atomic mass is 16.2. The van der Waals surface area contributed by atoms with E-state index in [0.717, 1.165) is 19.4 Å². The van der Waals surface area contributed by atoms with Crippen molar-refractivity contribution in [3.05, 3.63) is 59.7 Å². The smallest absolute Gasteiger partial charge is 0.319 e. The van der Waals surface area contributed by atoms with Crippen LogP contribution in [0.3, 0.4) is 0 Å². The molecule has 3 rings (SSSR count). The summed E-state index contributed by atoms with van der Waals surface area (Å²) in [5, 5.41) is 14.5. The third kappa shape index (κ3) is 4.10. The van der Waals surface area contributed by atoms with Crippen LogP contribution in [0.2, 0.25) is 0 Å². The van der Waals surface area contributed by atoms with E-state index in [2.05, 4.69) is 52.8 Å². The summed E-state index contributed by atoms with van der Waals surface area (Å²) in [5.74, 6) is 0. The van der Waals surface area contributed by atoms with E-state index in [1.165, 1.54) is 11.3 Å². The molecule has 0 radical (unpaired) electrons. The molecule has 5 nitrogen and oxygen atoms in total. The van der Waals surface area contributed by atoms with Gasteiger partial charge in [0.05, 0.1) is 11.6 Å². The molecule has 1 atom stereocenters. The fourth-order valence-electron chi connectivity index (χ4n) is 3.19. The zero-order valence-electron chi connectivity index (χ0n) is 14.3. The van der Waals surface area contributed by atoms with Crippen LogP contribution in [0, 0.1) is 11.3 Å². The van der Waals surface area contributed by atoms with Crippen molar-refractivity contribution < 1.29 is 4.79 Å². The highest BCUT2D eigenvalue weighted by Crippen LogP contribution is 2.29. The average molecular weight is 334 g/mol. The van der Waals surface area contributed by atoms with Crippen LogP contribution in [0.1, 0.15) is 24.5 Å². The van der Waals surface area contributed by atoms with Gasteiger partial charge in [-0.1, -0.05) is 18.2 Å². The second-order valence-corrected chi connectivity index (χ2v) is 6.28. The first kappa shape index (κ1) is 16.8. The number of carbonyl (C=O) groups excluding carboxylic acids is 1. The monoisotopic (exact) mass is 334 g/mol. The third-order valence-corrected chi connectivity index (χ3v) is 4.57. The van der Waals surface area contributed by atoms with Crippen LogP contribution < -0.4 is 15.5 Å². The minimum Gasteiger partial charge on any atom is -0.367 e. The molecule has 5 heteroatoms. The highest BCUT2D eigenvalue weighted by molar-refractivity contribution is 5.89. The maximum atomic E-state index is 12.0. The Labute approximate surface area is 148 Å². The number of nitriles is 1. The van der Waals surface area contributed by atoms with E-state index in [9.17, 15) is 4.79 Å². The van der Waals surface area contributed by atoms with Crippen molar-refractivity contribution in [3.8, 4) is 6.07 Å². The molecule has 2 aromatic carbocycles. The molecule has 128 valence electrons. The van der Waals surface area contributed by atoms with Crippen molar-refractivity contribution in [1.82, 2.24) is 5.32 Å². The van der Waals surface area contributed by atoms with Crippen LogP contribution in [0.15, 0.2) is 48.5 Å². The van der Waals surface area contributed by atoms with E-state index in [1.54, 1.807) is 24.3 Å². The number of rotatable bonds is 4. The molecule has 2 amide bonds. The second-order valence-electron chi connectivity index (χ2n) is 6.28. The zero-order valence-corrected chi connectivity index (χ0v) is 14.3. The van der Waals surface area contributed by atoms with Crippen molar-refractivity contribution in [2.24, 2.45) is 0 Å². The first-order valence-corrected chi connectivity index (χ1v) is 8.57. The van der Waals surface area contributed by atoms with Crippen LogP contribution in [-0.2, 0) is 6.42 Å². The predicted molar refractivity (Wildman–Crippen MR) is 99.7 cm³/mol. The summed E-state index contributed by atoms with van der Waals surface area (Å²) in [7, 11) is 0. The number of hydrogen-bond donors (Lipinski definition) is 2. The molecule has 2 N–H and O–H groups in total. The summed E-state index contributed by atoms with van der Waals surface area (Å²) in [5.41, 5.74) is 3.90. The molecule has 1 heterocycles. The van der Waals surface area contributed by atoms with Crippen LogP contribution in [0.5, 0.6) is 0 Å². The summed E-state index contributed by atoms with van der Waals surface area (Å²) >= 11 is 0. The summed E-state index contributed by atoms with van der Waals surface area (Å²) in [6.45, 7) is 3.58. The van der Waals surface area contributed by atoms with Crippen LogP contribution in [0.25, 0.3) is 0 Å². The predicted octanol–water partition coefficient (Wildman–Crippen LogP) is 3.52. The molecular formula is C20H22N4O. The van der Waals surface area contributed by atoms with E-state index in [0.29, 0.717) is 23.8 Å². The lowest BCUT2D eigenvalue weighted by atomic mass is 9.97. The Hall–Kier alpha value is -3.00. The summed E-state index contributed by atoms with van der Waals surface area (Å²) in [6.07, 6.45) is 2.24. The fourth-order valence-corrected chi connectivity index (χ4v) is 3.19. The molecule has 0 bridgehead atoms. The van der Waals surface area contributed by atoms with Gasteiger partial charge < -0.3 is 15.5 Å². The lowest BCUT2D eigenvalue weighted by Crippen LogP contribution is -2.43. The molecule has 1 aliphatic rings. The molecule has 0 aromatic heterocycles. The highest BCUT2D eigenvalue weighted by Gasteiger charge is 2.22. The number of carbonyl (C=O) groups is 1. The van der Waals surface area contributed by atoms with Gasteiger partial charge in [0.15, 0.2) is 0 Å². The van der Waals surface area contributed by atoms with E-state index in [4.69, 9.17) is 5.26 Å². The number of benzene rings is 2. The molecule has 0 aliphatic carbocycles. The first-order chi connectivity index (χ1) is 12.2. The Kier molecular flexibility index (Phi) is 5.20. The van der Waals surface area contributed by atoms with Crippen molar-refractivity contribution >= 4 is 17.4 Å². The fraction of sp³-hybridized carbons (Fsp3) is 0.300. The third-order valence-electron chi connectivity index (χ3n) is 4.57. The summed E-state index contributed by atoms with van der Waals surface area (Å²) in [6, 6.07) is 17.6.